The molecule has 0 radical (unpaired) electrons. The zero-order valence-electron chi connectivity index (χ0n) is 10.9. The maximum Gasteiger partial charge on any atom is 0.339 e. The van der Waals surface area contributed by atoms with Gasteiger partial charge >= 0.3 is 5.97 Å². The van der Waals surface area contributed by atoms with Gasteiger partial charge < -0.3 is 21.3 Å². The van der Waals surface area contributed by atoms with Crippen LogP contribution in [-0.2, 0) is 4.79 Å². The Hall–Kier alpha value is -2.08. The van der Waals surface area contributed by atoms with Crippen molar-refractivity contribution in [2.75, 3.05) is 5.32 Å². The predicted octanol–water partition coefficient (Wildman–Crippen LogP) is 1.55. The molecular weight excluding hydrogens is 248 g/mol. The van der Waals surface area contributed by atoms with Gasteiger partial charge in [0.25, 0.3) is 0 Å². The smallest absolute Gasteiger partial charge is 0.339 e. The lowest BCUT2D eigenvalue weighted by molar-refractivity contribution is -0.116. The van der Waals surface area contributed by atoms with E-state index < -0.39 is 11.5 Å². The van der Waals surface area contributed by atoms with Gasteiger partial charge in [0.1, 0.15) is 11.3 Å². The monoisotopic (exact) mass is 266 g/mol. The summed E-state index contributed by atoms with van der Waals surface area (Å²) in [7, 11) is 0. The number of anilines is 1. The molecular formula is C13H18N2O4. The SMILES string of the molecule is CC(C)(N)CCC(=O)Nc1ccc(O)c(C(=O)O)c1. The average Bonchev–Trinajstić information content (AvgIpc) is 2.28. The molecule has 0 aliphatic carbocycles. The number of nitrogens with one attached hydrogen (secondary N) is 1. The quantitative estimate of drug-likeness (QED) is 0.604. The average molecular weight is 266 g/mol. The van der Waals surface area contributed by atoms with Gasteiger partial charge in [-0.15, -0.1) is 0 Å². The van der Waals surface area contributed by atoms with Crippen molar-refractivity contribution in [3.05, 3.63) is 23.8 Å². The molecule has 1 aromatic carbocycles. The fourth-order valence-electron chi connectivity index (χ4n) is 1.44. The fourth-order valence-corrected chi connectivity index (χ4v) is 1.44. The predicted molar refractivity (Wildman–Crippen MR) is 71.2 cm³/mol. The Bertz CT molecular complexity index is 492. The number of rotatable bonds is 5. The lowest BCUT2D eigenvalue weighted by Crippen LogP contribution is -2.33. The number of nitrogens with two attached hydrogens (primary N) is 1. The zero-order valence-corrected chi connectivity index (χ0v) is 10.9. The summed E-state index contributed by atoms with van der Waals surface area (Å²) in [6, 6.07) is 3.88. The van der Waals surface area contributed by atoms with Gasteiger partial charge in [-0.1, -0.05) is 0 Å². The highest BCUT2D eigenvalue weighted by atomic mass is 16.4. The van der Waals surface area contributed by atoms with Gasteiger partial charge in [0.05, 0.1) is 0 Å². The summed E-state index contributed by atoms with van der Waals surface area (Å²) in [6.07, 6.45) is 0.759. The second-order valence-electron chi connectivity index (χ2n) is 5.07. The molecule has 0 atom stereocenters. The van der Waals surface area contributed by atoms with E-state index in [-0.39, 0.29) is 23.6 Å². The summed E-state index contributed by atoms with van der Waals surface area (Å²) in [5.74, 6) is -1.84. The molecule has 1 aromatic rings. The molecule has 0 unspecified atom stereocenters. The first-order chi connectivity index (χ1) is 8.69. The normalized spacial score (nSPS) is 11.1. The number of carbonyl (C=O) groups excluding carboxylic acids is 1. The highest BCUT2D eigenvalue weighted by Crippen LogP contribution is 2.21. The van der Waals surface area contributed by atoms with Crippen LogP contribution >= 0.6 is 0 Å². The first-order valence-corrected chi connectivity index (χ1v) is 5.84. The Labute approximate surface area is 111 Å². The summed E-state index contributed by atoms with van der Waals surface area (Å²) < 4.78 is 0. The lowest BCUT2D eigenvalue weighted by atomic mass is 10.00. The van der Waals surface area contributed by atoms with Crippen LogP contribution in [0, 0.1) is 0 Å². The molecule has 0 fully saturated rings. The molecule has 104 valence electrons. The first kappa shape index (κ1) is 15.0. The molecule has 5 N–H and O–H groups in total. The van der Waals surface area contributed by atoms with Crippen molar-refractivity contribution in [2.24, 2.45) is 5.73 Å². The summed E-state index contributed by atoms with van der Waals surface area (Å²) in [5.41, 5.74) is 5.41. The van der Waals surface area contributed by atoms with Crippen LogP contribution in [0.15, 0.2) is 18.2 Å². The Balaban J connectivity index is 2.70. The third-order valence-corrected chi connectivity index (χ3v) is 2.51. The largest absolute Gasteiger partial charge is 0.507 e. The van der Waals surface area contributed by atoms with E-state index in [1.165, 1.54) is 18.2 Å². The van der Waals surface area contributed by atoms with E-state index in [1.54, 1.807) is 0 Å². The van der Waals surface area contributed by atoms with Crippen molar-refractivity contribution in [3.8, 4) is 5.75 Å². The van der Waals surface area contributed by atoms with Crippen LogP contribution in [0.5, 0.6) is 5.75 Å². The molecule has 0 aliphatic heterocycles. The van der Waals surface area contributed by atoms with Gasteiger partial charge in [-0.2, -0.15) is 0 Å². The minimum Gasteiger partial charge on any atom is -0.507 e. The zero-order chi connectivity index (χ0) is 14.6. The summed E-state index contributed by atoms with van der Waals surface area (Å²) in [6.45, 7) is 3.65. The van der Waals surface area contributed by atoms with Gasteiger partial charge in [-0.05, 0) is 38.5 Å². The summed E-state index contributed by atoms with van der Waals surface area (Å²) >= 11 is 0. The van der Waals surface area contributed by atoms with Crippen molar-refractivity contribution < 1.29 is 19.8 Å². The van der Waals surface area contributed by atoms with Crippen molar-refractivity contribution in [1.29, 1.82) is 0 Å². The topological polar surface area (TPSA) is 113 Å². The van der Waals surface area contributed by atoms with Gasteiger partial charge in [0.2, 0.25) is 5.91 Å². The summed E-state index contributed by atoms with van der Waals surface area (Å²) in [4.78, 5) is 22.5. The van der Waals surface area contributed by atoms with Crippen LogP contribution in [0.1, 0.15) is 37.0 Å². The van der Waals surface area contributed by atoms with Crippen molar-refractivity contribution in [1.82, 2.24) is 0 Å². The van der Waals surface area contributed by atoms with E-state index in [4.69, 9.17) is 10.8 Å². The molecule has 1 rings (SSSR count). The standard InChI is InChI=1S/C13H18N2O4/c1-13(2,14)6-5-11(17)15-8-3-4-10(16)9(7-8)12(18)19/h3-4,7,16H,5-6,14H2,1-2H3,(H,15,17)(H,18,19). The lowest BCUT2D eigenvalue weighted by Gasteiger charge is -2.17. The molecule has 1 amide bonds. The molecule has 6 nitrogen and oxygen atoms in total. The maximum absolute atomic E-state index is 11.6. The molecule has 0 spiro atoms. The van der Waals surface area contributed by atoms with Gasteiger partial charge in [0.15, 0.2) is 0 Å². The second kappa shape index (κ2) is 5.71. The van der Waals surface area contributed by atoms with Crippen molar-refractivity contribution in [2.45, 2.75) is 32.2 Å². The van der Waals surface area contributed by atoms with E-state index in [1.807, 2.05) is 13.8 Å². The number of aromatic hydroxyl groups is 1. The number of amides is 1. The minimum atomic E-state index is -1.25. The molecule has 6 heteroatoms. The first-order valence-electron chi connectivity index (χ1n) is 5.84. The number of aromatic carboxylic acids is 1. The van der Waals surface area contributed by atoms with Crippen LogP contribution in [0.4, 0.5) is 5.69 Å². The van der Waals surface area contributed by atoms with Gasteiger partial charge in [0, 0.05) is 17.6 Å². The third-order valence-electron chi connectivity index (χ3n) is 2.51. The van der Waals surface area contributed by atoms with Crippen LogP contribution < -0.4 is 11.1 Å². The number of hydrogen-bond donors (Lipinski definition) is 4. The van der Waals surface area contributed by atoms with Gasteiger partial charge in [-0.3, -0.25) is 4.79 Å². The number of carboxylic acids is 1. The number of carbonyl (C=O) groups is 2. The van der Waals surface area contributed by atoms with Crippen LogP contribution in [0.2, 0.25) is 0 Å². The van der Waals surface area contributed by atoms with E-state index in [0.717, 1.165) is 0 Å². The van der Waals surface area contributed by atoms with E-state index in [0.29, 0.717) is 12.1 Å². The van der Waals surface area contributed by atoms with E-state index >= 15 is 0 Å². The Morgan fingerprint density at radius 3 is 2.53 bits per heavy atom. The molecule has 0 aliphatic rings. The van der Waals surface area contributed by atoms with Crippen LogP contribution in [-0.4, -0.2) is 27.6 Å². The molecule has 0 saturated carbocycles. The number of hydrogen-bond acceptors (Lipinski definition) is 4. The Morgan fingerprint density at radius 2 is 2.00 bits per heavy atom. The molecule has 0 bridgehead atoms. The minimum absolute atomic E-state index is 0.243. The van der Waals surface area contributed by atoms with E-state index in [2.05, 4.69) is 5.32 Å². The molecule has 0 saturated heterocycles. The van der Waals surface area contributed by atoms with Crippen molar-refractivity contribution in [3.63, 3.8) is 0 Å². The second-order valence-corrected chi connectivity index (χ2v) is 5.07. The third kappa shape index (κ3) is 4.97. The number of carboxylic acid groups (broad SMARTS) is 1. The van der Waals surface area contributed by atoms with Gasteiger partial charge in [-0.25, -0.2) is 4.79 Å². The highest BCUT2D eigenvalue weighted by Gasteiger charge is 2.15. The summed E-state index contributed by atoms with van der Waals surface area (Å²) in [5, 5.41) is 20.8. The molecule has 0 heterocycles. The van der Waals surface area contributed by atoms with Crippen LogP contribution in [0.3, 0.4) is 0 Å². The number of benzene rings is 1. The highest BCUT2D eigenvalue weighted by molar-refractivity contribution is 5.95. The van der Waals surface area contributed by atoms with Crippen LogP contribution in [0.25, 0.3) is 0 Å². The molecule has 0 aromatic heterocycles. The maximum atomic E-state index is 11.6. The van der Waals surface area contributed by atoms with Crippen molar-refractivity contribution >= 4 is 17.6 Å². The fraction of sp³-hybridized carbons (Fsp3) is 0.385. The molecule has 19 heavy (non-hydrogen) atoms. The Morgan fingerprint density at radius 1 is 1.37 bits per heavy atom. The Kier molecular flexibility index (Phi) is 4.50. The van der Waals surface area contributed by atoms with E-state index in [9.17, 15) is 14.7 Å². The number of phenols is 1.